The van der Waals surface area contributed by atoms with Crippen molar-refractivity contribution in [1.82, 2.24) is 5.32 Å². The summed E-state index contributed by atoms with van der Waals surface area (Å²) in [6, 6.07) is 5.81. The quantitative estimate of drug-likeness (QED) is 0.710. The van der Waals surface area contributed by atoms with Gasteiger partial charge in [0.05, 0.1) is 5.69 Å². The predicted molar refractivity (Wildman–Crippen MR) is 65.1 cm³/mol. The van der Waals surface area contributed by atoms with E-state index in [0.717, 1.165) is 18.8 Å². The highest BCUT2D eigenvalue weighted by Crippen LogP contribution is 2.22. The molecule has 0 bridgehead atoms. The summed E-state index contributed by atoms with van der Waals surface area (Å²) in [6.45, 7) is 6.15. The first kappa shape index (κ1) is 11.2. The third kappa shape index (κ3) is 2.27. The second-order valence-electron chi connectivity index (χ2n) is 4.58. The number of halogens is 1. The lowest BCUT2D eigenvalue weighted by atomic mass is 10.1. The van der Waals surface area contributed by atoms with E-state index in [1.807, 2.05) is 0 Å². The van der Waals surface area contributed by atoms with E-state index in [2.05, 4.69) is 24.1 Å². The topological polar surface area (TPSA) is 41.3 Å². The summed E-state index contributed by atoms with van der Waals surface area (Å²) in [5, 5.41) is 3.46. The molecule has 1 aromatic rings. The van der Waals surface area contributed by atoms with Crippen molar-refractivity contribution in [2.45, 2.75) is 25.9 Å². The first-order valence-electron chi connectivity index (χ1n) is 5.62. The zero-order chi connectivity index (χ0) is 11.7. The number of nitrogens with zero attached hydrogens (tertiary/aromatic N) is 1. The van der Waals surface area contributed by atoms with Gasteiger partial charge in [-0.3, -0.25) is 0 Å². The number of nitrogen functional groups attached to an aromatic ring is 1. The number of benzene rings is 1. The van der Waals surface area contributed by atoms with E-state index in [9.17, 15) is 4.39 Å². The van der Waals surface area contributed by atoms with Crippen molar-refractivity contribution in [1.29, 1.82) is 0 Å². The second kappa shape index (κ2) is 4.29. The molecule has 1 aliphatic heterocycles. The molecule has 1 aromatic carbocycles. The first-order chi connectivity index (χ1) is 7.56. The molecule has 0 radical (unpaired) electrons. The number of nitrogens with two attached hydrogens (primary N) is 1. The summed E-state index contributed by atoms with van der Waals surface area (Å²) in [5.74, 6) is -0.347. The fraction of sp³-hybridized carbons (Fsp3) is 0.500. The van der Waals surface area contributed by atoms with E-state index in [1.165, 1.54) is 6.07 Å². The molecular weight excluding hydrogens is 205 g/mol. The average molecular weight is 223 g/mol. The third-order valence-electron chi connectivity index (χ3n) is 2.90. The Morgan fingerprint density at radius 2 is 1.94 bits per heavy atom. The maximum Gasteiger partial charge on any atom is 0.146 e. The summed E-state index contributed by atoms with van der Waals surface area (Å²) < 4.78 is 13.1. The Kier molecular flexibility index (Phi) is 3.01. The molecule has 0 amide bonds. The number of rotatable bonds is 1. The number of nitrogens with one attached hydrogen (secondary N) is 1. The summed E-state index contributed by atoms with van der Waals surface area (Å²) in [6.07, 6.45) is 0. The van der Waals surface area contributed by atoms with Crippen LogP contribution >= 0.6 is 0 Å². The molecule has 0 saturated carbocycles. The maximum atomic E-state index is 13.1. The molecule has 2 unspecified atom stereocenters. The molecule has 16 heavy (non-hydrogen) atoms. The van der Waals surface area contributed by atoms with Gasteiger partial charge < -0.3 is 16.0 Å². The summed E-state index contributed by atoms with van der Waals surface area (Å²) in [7, 11) is 0. The van der Waals surface area contributed by atoms with E-state index < -0.39 is 0 Å². The van der Waals surface area contributed by atoms with Crippen LogP contribution in [0.5, 0.6) is 0 Å². The van der Waals surface area contributed by atoms with Gasteiger partial charge in [-0.25, -0.2) is 4.39 Å². The molecule has 0 aliphatic carbocycles. The van der Waals surface area contributed by atoms with E-state index in [0.29, 0.717) is 12.1 Å². The SMILES string of the molecule is CC1CN(c2ccc(F)c(N)c2)CC(C)N1. The van der Waals surface area contributed by atoms with Crippen LogP contribution in [0.4, 0.5) is 15.8 Å². The second-order valence-corrected chi connectivity index (χ2v) is 4.58. The van der Waals surface area contributed by atoms with Crippen molar-refractivity contribution in [3.05, 3.63) is 24.0 Å². The van der Waals surface area contributed by atoms with Crippen LogP contribution in [0.3, 0.4) is 0 Å². The first-order valence-corrected chi connectivity index (χ1v) is 5.62. The Bertz CT molecular complexity index is 371. The Morgan fingerprint density at radius 1 is 1.31 bits per heavy atom. The Morgan fingerprint density at radius 3 is 2.50 bits per heavy atom. The van der Waals surface area contributed by atoms with Gasteiger partial charge in [-0.1, -0.05) is 0 Å². The van der Waals surface area contributed by atoms with Crippen LogP contribution in [-0.4, -0.2) is 25.2 Å². The third-order valence-corrected chi connectivity index (χ3v) is 2.90. The monoisotopic (exact) mass is 223 g/mol. The molecule has 1 saturated heterocycles. The largest absolute Gasteiger partial charge is 0.396 e. The number of piperazine rings is 1. The van der Waals surface area contributed by atoms with Gasteiger partial charge in [0.15, 0.2) is 0 Å². The Balaban J connectivity index is 2.19. The van der Waals surface area contributed by atoms with Crippen molar-refractivity contribution < 1.29 is 4.39 Å². The molecule has 1 aliphatic rings. The van der Waals surface area contributed by atoms with E-state index in [-0.39, 0.29) is 11.5 Å². The van der Waals surface area contributed by atoms with Gasteiger partial charge in [0.1, 0.15) is 5.82 Å². The van der Waals surface area contributed by atoms with Gasteiger partial charge >= 0.3 is 0 Å². The number of hydrogen-bond acceptors (Lipinski definition) is 3. The molecule has 0 spiro atoms. The van der Waals surface area contributed by atoms with Crippen molar-refractivity contribution >= 4 is 11.4 Å². The minimum absolute atomic E-state index is 0.219. The fourth-order valence-electron chi connectivity index (χ4n) is 2.27. The number of hydrogen-bond donors (Lipinski definition) is 2. The minimum Gasteiger partial charge on any atom is -0.396 e. The Hall–Kier alpha value is -1.29. The van der Waals surface area contributed by atoms with Crippen LogP contribution in [0.15, 0.2) is 18.2 Å². The highest BCUT2D eigenvalue weighted by Gasteiger charge is 2.21. The van der Waals surface area contributed by atoms with Crippen LogP contribution in [0.25, 0.3) is 0 Å². The lowest BCUT2D eigenvalue weighted by Gasteiger charge is -2.37. The van der Waals surface area contributed by atoms with Gasteiger partial charge in [-0.2, -0.15) is 0 Å². The van der Waals surface area contributed by atoms with Crippen LogP contribution < -0.4 is 16.0 Å². The van der Waals surface area contributed by atoms with E-state index in [4.69, 9.17) is 5.73 Å². The molecule has 2 atom stereocenters. The van der Waals surface area contributed by atoms with Crippen molar-refractivity contribution in [2.24, 2.45) is 0 Å². The molecule has 88 valence electrons. The normalized spacial score (nSPS) is 25.8. The zero-order valence-corrected chi connectivity index (χ0v) is 9.70. The summed E-state index contributed by atoms with van der Waals surface area (Å²) in [5.41, 5.74) is 6.80. The molecule has 1 fully saturated rings. The van der Waals surface area contributed by atoms with Gasteiger partial charge in [-0.15, -0.1) is 0 Å². The standard InChI is InChI=1S/C12H18FN3/c1-8-6-16(7-9(2)15-8)10-3-4-11(13)12(14)5-10/h3-5,8-9,15H,6-7,14H2,1-2H3. The maximum absolute atomic E-state index is 13.1. The van der Waals surface area contributed by atoms with Gasteiger partial charge in [0.2, 0.25) is 0 Å². The summed E-state index contributed by atoms with van der Waals surface area (Å²) in [4.78, 5) is 2.24. The molecule has 1 heterocycles. The lowest BCUT2D eigenvalue weighted by molar-refractivity contribution is 0.407. The Labute approximate surface area is 95.4 Å². The van der Waals surface area contributed by atoms with Gasteiger partial charge in [0, 0.05) is 30.9 Å². The van der Waals surface area contributed by atoms with E-state index >= 15 is 0 Å². The molecule has 4 heteroatoms. The van der Waals surface area contributed by atoms with E-state index in [1.54, 1.807) is 12.1 Å². The van der Waals surface area contributed by atoms with Crippen LogP contribution in [-0.2, 0) is 0 Å². The van der Waals surface area contributed by atoms with Crippen LogP contribution in [0.2, 0.25) is 0 Å². The fourth-order valence-corrected chi connectivity index (χ4v) is 2.27. The number of anilines is 2. The van der Waals surface area contributed by atoms with Gasteiger partial charge in [-0.05, 0) is 32.0 Å². The molecule has 3 nitrogen and oxygen atoms in total. The van der Waals surface area contributed by atoms with Crippen LogP contribution in [0.1, 0.15) is 13.8 Å². The van der Waals surface area contributed by atoms with Crippen LogP contribution in [0, 0.1) is 5.82 Å². The van der Waals surface area contributed by atoms with Crippen molar-refractivity contribution in [3.8, 4) is 0 Å². The predicted octanol–water partition coefficient (Wildman–Crippen LogP) is 1.59. The molecular formula is C12H18FN3. The van der Waals surface area contributed by atoms with Crippen molar-refractivity contribution in [2.75, 3.05) is 23.7 Å². The summed E-state index contributed by atoms with van der Waals surface area (Å²) >= 11 is 0. The highest BCUT2D eigenvalue weighted by atomic mass is 19.1. The lowest BCUT2D eigenvalue weighted by Crippen LogP contribution is -2.54. The van der Waals surface area contributed by atoms with Crippen molar-refractivity contribution in [3.63, 3.8) is 0 Å². The molecule has 2 rings (SSSR count). The zero-order valence-electron chi connectivity index (χ0n) is 9.70. The smallest absolute Gasteiger partial charge is 0.146 e. The average Bonchev–Trinajstić information content (AvgIpc) is 2.20. The highest BCUT2D eigenvalue weighted by molar-refractivity contribution is 5.57. The minimum atomic E-state index is -0.347. The molecule has 3 N–H and O–H groups in total. The molecule has 0 aromatic heterocycles. The van der Waals surface area contributed by atoms with Gasteiger partial charge in [0.25, 0.3) is 0 Å².